The minimum Gasteiger partial charge on any atom is -0.313 e. The zero-order chi connectivity index (χ0) is 27.6. The summed E-state index contributed by atoms with van der Waals surface area (Å²) in [5.41, 5.74) is -5.16. The Morgan fingerprint density at radius 2 is 0.743 bits per heavy atom. The Balaban J connectivity index is 0.000000351. The Labute approximate surface area is 193 Å². The summed E-state index contributed by atoms with van der Waals surface area (Å²) in [6.07, 6.45) is -19.2. The van der Waals surface area contributed by atoms with Crippen LogP contribution in [0.4, 0.5) is 52.7 Å². The maximum absolute atomic E-state index is 12.5. The molecule has 13 heteroatoms. The SMILES string of the molecule is CC(C)c1cc(C(F)(F)F)cc(C(F)(F)F)c1.CN[C@H](C)c1cc(C(F)(F)F)cc(C(F)(F)F)c1. The van der Waals surface area contributed by atoms with Gasteiger partial charge in [-0.2, -0.15) is 52.7 Å². The van der Waals surface area contributed by atoms with E-state index in [2.05, 4.69) is 5.32 Å². The molecule has 0 heterocycles. The minimum absolute atomic E-state index is 0.0205. The Morgan fingerprint density at radius 3 is 0.943 bits per heavy atom. The lowest BCUT2D eigenvalue weighted by Gasteiger charge is -2.17. The fourth-order valence-electron chi connectivity index (χ4n) is 2.71. The van der Waals surface area contributed by atoms with Gasteiger partial charge >= 0.3 is 24.7 Å². The summed E-state index contributed by atoms with van der Waals surface area (Å²) in [6, 6.07) is 2.58. The van der Waals surface area contributed by atoms with Crippen LogP contribution < -0.4 is 5.32 Å². The third-order valence-electron chi connectivity index (χ3n) is 4.82. The van der Waals surface area contributed by atoms with Crippen molar-refractivity contribution >= 4 is 0 Å². The molecule has 0 bridgehead atoms. The predicted octanol–water partition coefficient (Wildman–Crippen LogP) is 8.85. The van der Waals surface area contributed by atoms with E-state index in [1.807, 2.05) is 0 Å². The van der Waals surface area contributed by atoms with Gasteiger partial charge in [-0.05, 0) is 67.4 Å². The van der Waals surface area contributed by atoms with E-state index in [4.69, 9.17) is 0 Å². The van der Waals surface area contributed by atoms with Crippen LogP contribution >= 0.6 is 0 Å². The number of hydrogen-bond donors (Lipinski definition) is 1. The molecule has 0 aromatic heterocycles. The molecule has 0 amide bonds. The van der Waals surface area contributed by atoms with Gasteiger partial charge < -0.3 is 5.32 Å². The van der Waals surface area contributed by atoms with Gasteiger partial charge in [-0.3, -0.25) is 0 Å². The molecule has 0 unspecified atom stereocenters. The number of alkyl halides is 12. The maximum Gasteiger partial charge on any atom is 0.416 e. The topological polar surface area (TPSA) is 12.0 Å². The van der Waals surface area contributed by atoms with E-state index >= 15 is 0 Å². The van der Waals surface area contributed by atoms with Crippen molar-refractivity contribution in [2.24, 2.45) is 0 Å². The van der Waals surface area contributed by atoms with Crippen LogP contribution in [-0.4, -0.2) is 7.05 Å². The summed E-state index contributed by atoms with van der Waals surface area (Å²) in [7, 11) is 1.46. The first-order valence-electron chi connectivity index (χ1n) is 9.83. The van der Waals surface area contributed by atoms with Gasteiger partial charge in [0.1, 0.15) is 0 Å². The third kappa shape index (κ3) is 8.93. The van der Waals surface area contributed by atoms with E-state index in [0.717, 1.165) is 24.3 Å². The monoisotopic (exact) mass is 527 g/mol. The van der Waals surface area contributed by atoms with E-state index in [1.54, 1.807) is 0 Å². The first-order chi connectivity index (χ1) is 15.6. The van der Waals surface area contributed by atoms with Crippen LogP contribution in [0, 0.1) is 0 Å². The van der Waals surface area contributed by atoms with Crippen LogP contribution in [-0.2, 0) is 24.7 Å². The molecular formula is C22H21F12N. The summed E-state index contributed by atoms with van der Waals surface area (Å²) >= 11 is 0. The van der Waals surface area contributed by atoms with Gasteiger partial charge in [0.05, 0.1) is 22.3 Å². The van der Waals surface area contributed by atoms with Crippen LogP contribution in [0.5, 0.6) is 0 Å². The maximum atomic E-state index is 12.5. The zero-order valence-electron chi connectivity index (χ0n) is 18.7. The van der Waals surface area contributed by atoms with Crippen molar-refractivity contribution in [3.8, 4) is 0 Å². The molecule has 0 aliphatic rings. The molecule has 0 aliphatic heterocycles. The highest BCUT2D eigenvalue weighted by molar-refractivity contribution is 5.36. The van der Waals surface area contributed by atoms with Crippen molar-refractivity contribution in [2.75, 3.05) is 7.05 Å². The lowest BCUT2D eigenvalue weighted by molar-refractivity contribution is -0.144. The van der Waals surface area contributed by atoms with Crippen molar-refractivity contribution in [1.82, 2.24) is 5.32 Å². The second kappa shape index (κ2) is 10.7. The number of hydrogen-bond acceptors (Lipinski definition) is 1. The molecule has 0 saturated heterocycles. The first kappa shape index (κ1) is 30.6. The van der Waals surface area contributed by atoms with Crippen LogP contribution in [0.25, 0.3) is 0 Å². The predicted molar refractivity (Wildman–Crippen MR) is 104 cm³/mol. The molecule has 2 aromatic carbocycles. The van der Waals surface area contributed by atoms with Crippen molar-refractivity contribution in [1.29, 1.82) is 0 Å². The Hall–Kier alpha value is -2.44. The van der Waals surface area contributed by atoms with Crippen molar-refractivity contribution in [3.05, 3.63) is 69.8 Å². The van der Waals surface area contributed by atoms with Gasteiger partial charge in [0, 0.05) is 6.04 Å². The molecule has 2 aromatic rings. The fourth-order valence-corrected chi connectivity index (χ4v) is 2.71. The molecule has 1 atom stereocenters. The number of rotatable bonds is 3. The summed E-state index contributed by atoms with van der Waals surface area (Å²) in [5, 5.41) is 2.60. The summed E-state index contributed by atoms with van der Waals surface area (Å²) < 4.78 is 150. The summed E-state index contributed by atoms with van der Waals surface area (Å²) in [6.45, 7) is 4.56. The average molecular weight is 527 g/mol. The van der Waals surface area contributed by atoms with Crippen LogP contribution in [0.1, 0.15) is 66.1 Å². The quantitative estimate of drug-likeness (QED) is 0.393. The fraction of sp³-hybridized carbons (Fsp3) is 0.455. The second-order valence-electron chi connectivity index (χ2n) is 7.84. The van der Waals surface area contributed by atoms with E-state index in [0.29, 0.717) is 0 Å². The van der Waals surface area contributed by atoms with E-state index in [-0.39, 0.29) is 23.3 Å². The normalized spacial score (nSPS) is 14.0. The lowest BCUT2D eigenvalue weighted by Crippen LogP contribution is -2.17. The van der Waals surface area contributed by atoms with Crippen molar-refractivity contribution < 1.29 is 52.7 Å². The highest BCUT2D eigenvalue weighted by Crippen LogP contribution is 2.38. The van der Waals surface area contributed by atoms with Crippen molar-refractivity contribution in [2.45, 2.75) is 57.4 Å². The number of benzene rings is 2. The van der Waals surface area contributed by atoms with Gasteiger partial charge in [0.15, 0.2) is 0 Å². The molecule has 0 aliphatic carbocycles. The molecule has 2 rings (SSSR count). The van der Waals surface area contributed by atoms with Gasteiger partial charge in [-0.15, -0.1) is 0 Å². The number of halogens is 12. The average Bonchev–Trinajstić information content (AvgIpc) is 2.70. The largest absolute Gasteiger partial charge is 0.416 e. The van der Waals surface area contributed by atoms with Crippen LogP contribution in [0.2, 0.25) is 0 Å². The van der Waals surface area contributed by atoms with Crippen LogP contribution in [0.3, 0.4) is 0 Å². The smallest absolute Gasteiger partial charge is 0.313 e. The molecule has 0 fully saturated rings. The standard InChI is InChI=1S/C11H11F6N.C11H10F6/c1-6(18-2)7-3-8(10(12,13)14)5-9(4-7)11(15,16)17;1-6(2)7-3-8(10(12,13)14)5-9(4-7)11(15,16)17/h3-6,18H,1-2H3;3-6H,1-2H3/t6-;/m1./s1. The summed E-state index contributed by atoms with van der Waals surface area (Å²) in [5.74, 6) is -0.404. The second-order valence-corrected chi connectivity index (χ2v) is 7.84. The van der Waals surface area contributed by atoms with E-state index in [1.165, 1.54) is 27.8 Å². The van der Waals surface area contributed by atoms with Gasteiger partial charge in [0.2, 0.25) is 0 Å². The highest BCUT2D eigenvalue weighted by Gasteiger charge is 2.38. The van der Waals surface area contributed by atoms with Crippen LogP contribution in [0.15, 0.2) is 36.4 Å². The Morgan fingerprint density at radius 1 is 0.486 bits per heavy atom. The van der Waals surface area contributed by atoms with Gasteiger partial charge in [-0.25, -0.2) is 0 Å². The third-order valence-corrected chi connectivity index (χ3v) is 4.82. The lowest BCUT2D eigenvalue weighted by atomic mass is 9.97. The Bertz CT molecular complexity index is 917. The van der Waals surface area contributed by atoms with E-state index in [9.17, 15) is 52.7 Å². The Kier molecular flexibility index (Phi) is 9.33. The zero-order valence-corrected chi connectivity index (χ0v) is 18.7. The molecule has 0 radical (unpaired) electrons. The van der Waals surface area contributed by atoms with Gasteiger partial charge in [-0.1, -0.05) is 13.8 Å². The molecular weight excluding hydrogens is 506 g/mol. The van der Waals surface area contributed by atoms with Gasteiger partial charge in [0.25, 0.3) is 0 Å². The molecule has 1 N–H and O–H groups in total. The minimum atomic E-state index is -4.80. The summed E-state index contributed by atoms with van der Waals surface area (Å²) in [4.78, 5) is 0. The molecule has 0 spiro atoms. The molecule has 35 heavy (non-hydrogen) atoms. The number of nitrogens with one attached hydrogen (secondary N) is 1. The highest BCUT2D eigenvalue weighted by atomic mass is 19.4. The van der Waals surface area contributed by atoms with E-state index < -0.39 is 58.9 Å². The van der Waals surface area contributed by atoms with Crippen molar-refractivity contribution in [3.63, 3.8) is 0 Å². The molecule has 1 nitrogen and oxygen atoms in total. The molecule has 198 valence electrons. The molecule has 0 saturated carbocycles. The first-order valence-corrected chi connectivity index (χ1v) is 9.83.